The summed E-state index contributed by atoms with van der Waals surface area (Å²) in [6.07, 6.45) is 2.18. The van der Waals surface area contributed by atoms with Gasteiger partial charge in [-0.25, -0.2) is 8.78 Å². The second kappa shape index (κ2) is 10.1. The molecule has 0 aliphatic heterocycles. The highest BCUT2D eigenvalue weighted by atomic mass is 19.4. The molecule has 0 atom stereocenters. The first kappa shape index (κ1) is 24.7. The topological polar surface area (TPSA) is 9.23 Å². The van der Waals surface area contributed by atoms with Crippen molar-refractivity contribution in [3.63, 3.8) is 0 Å². The Bertz CT molecular complexity index is 1310. The van der Waals surface area contributed by atoms with Crippen LogP contribution in [0.2, 0.25) is 0 Å². The van der Waals surface area contributed by atoms with E-state index in [9.17, 15) is 26.3 Å². The normalized spacial score (nSPS) is 18.1. The van der Waals surface area contributed by atoms with Crippen molar-refractivity contribution in [3.05, 3.63) is 89.3 Å². The van der Waals surface area contributed by atoms with E-state index in [1.807, 2.05) is 24.3 Å². The van der Waals surface area contributed by atoms with E-state index in [2.05, 4.69) is 29.2 Å². The zero-order valence-corrected chi connectivity index (χ0v) is 18.7. The number of hydrogen-bond donors (Lipinski definition) is 0. The highest BCUT2D eigenvalue weighted by Crippen LogP contribution is 2.38. The molecule has 3 aromatic rings. The van der Waals surface area contributed by atoms with Crippen LogP contribution in [0.4, 0.5) is 26.3 Å². The summed E-state index contributed by atoms with van der Waals surface area (Å²) >= 11 is 0. The minimum atomic E-state index is -5.37. The summed E-state index contributed by atoms with van der Waals surface area (Å²) in [5, 5.41) is 1.71. The standard InChI is InChI=1S/C28H22F6O/c1-2-4-17-7-9-18(10-8-17)20-13-14-23-19(5-3-6-21(23)15-20)11-12-22-16-24(29)27(26(31)25(22)30)35-28(32,33)34/h2-3,5-6,13-18H,1,4,7-10H2. The minimum Gasteiger partial charge on any atom is -0.399 e. The molecule has 1 fully saturated rings. The third-order valence-electron chi connectivity index (χ3n) is 6.39. The van der Waals surface area contributed by atoms with Crippen LogP contribution in [0.5, 0.6) is 5.75 Å². The fourth-order valence-corrected chi connectivity index (χ4v) is 4.65. The lowest BCUT2D eigenvalue weighted by atomic mass is 9.77. The lowest BCUT2D eigenvalue weighted by Crippen LogP contribution is -2.19. The van der Waals surface area contributed by atoms with Gasteiger partial charge in [0.05, 0.1) is 5.56 Å². The molecule has 1 nitrogen and oxygen atoms in total. The zero-order chi connectivity index (χ0) is 25.2. The average molecular weight is 488 g/mol. The van der Waals surface area contributed by atoms with Gasteiger partial charge in [-0.05, 0) is 72.4 Å². The van der Waals surface area contributed by atoms with Crippen molar-refractivity contribution < 1.29 is 31.1 Å². The molecule has 1 saturated carbocycles. The Hall–Kier alpha value is -3.40. The van der Waals surface area contributed by atoms with E-state index in [4.69, 9.17) is 0 Å². The SMILES string of the molecule is C=CCC1CCC(c2ccc3c(C#Cc4cc(F)c(OC(F)(F)F)c(F)c4F)cccc3c2)CC1. The van der Waals surface area contributed by atoms with Crippen molar-refractivity contribution in [1.82, 2.24) is 0 Å². The maximum atomic E-state index is 14.3. The molecule has 0 saturated heterocycles. The Labute approximate surface area is 199 Å². The smallest absolute Gasteiger partial charge is 0.399 e. The van der Waals surface area contributed by atoms with Crippen molar-refractivity contribution in [1.29, 1.82) is 0 Å². The summed E-state index contributed by atoms with van der Waals surface area (Å²) in [6, 6.07) is 11.8. The van der Waals surface area contributed by atoms with E-state index >= 15 is 0 Å². The predicted molar refractivity (Wildman–Crippen MR) is 122 cm³/mol. The first-order chi connectivity index (χ1) is 16.7. The summed E-state index contributed by atoms with van der Waals surface area (Å²) < 4.78 is 82.5. The van der Waals surface area contributed by atoms with Gasteiger partial charge in [0.15, 0.2) is 11.6 Å². The quantitative estimate of drug-likeness (QED) is 0.155. The third-order valence-corrected chi connectivity index (χ3v) is 6.39. The van der Waals surface area contributed by atoms with Crippen molar-refractivity contribution in [2.24, 2.45) is 5.92 Å². The van der Waals surface area contributed by atoms with E-state index in [0.717, 1.165) is 42.9 Å². The van der Waals surface area contributed by atoms with Crippen LogP contribution < -0.4 is 4.74 Å². The Kier molecular flexibility index (Phi) is 7.11. The first-order valence-electron chi connectivity index (χ1n) is 11.2. The Morgan fingerprint density at radius 3 is 2.31 bits per heavy atom. The summed E-state index contributed by atoms with van der Waals surface area (Å²) in [5.74, 6) is -1.17. The van der Waals surface area contributed by atoms with Crippen LogP contribution in [0.15, 0.2) is 55.1 Å². The zero-order valence-electron chi connectivity index (χ0n) is 18.7. The molecule has 3 aromatic carbocycles. The molecule has 0 bridgehead atoms. The second-order valence-electron chi connectivity index (χ2n) is 8.69. The molecule has 0 unspecified atom stereocenters. The van der Waals surface area contributed by atoms with Crippen LogP contribution >= 0.6 is 0 Å². The molecule has 0 aromatic heterocycles. The molecule has 7 heteroatoms. The van der Waals surface area contributed by atoms with E-state index in [0.29, 0.717) is 23.5 Å². The molecule has 35 heavy (non-hydrogen) atoms. The monoisotopic (exact) mass is 488 g/mol. The number of rotatable bonds is 4. The van der Waals surface area contributed by atoms with Gasteiger partial charge in [0.1, 0.15) is 0 Å². The first-order valence-corrected chi connectivity index (χ1v) is 11.2. The van der Waals surface area contributed by atoms with Crippen LogP contribution in [-0.2, 0) is 0 Å². The third kappa shape index (κ3) is 5.64. The Morgan fingerprint density at radius 2 is 1.63 bits per heavy atom. The van der Waals surface area contributed by atoms with Gasteiger partial charge in [-0.2, -0.15) is 4.39 Å². The molecule has 0 heterocycles. The van der Waals surface area contributed by atoms with Crippen LogP contribution in [0.25, 0.3) is 10.8 Å². The predicted octanol–water partition coefficient (Wildman–Crippen LogP) is 8.41. The van der Waals surface area contributed by atoms with Gasteiger partial charge in [-0.1, -0.05) is 48.2 Å². The number of halogens is 6. The van der Waals surface area contributed by atoms with Gasteiger partial charge < -0.3 is 4.74 Å². The molecule has 1 aliphatic rings. The number of hydrogen-bond acceptors (Lipinski definition) is 1. The minimum absolute atomic E-state index is 0.387. The largest absolute Gasteiger partial charge is 0.573 e. The van der Waals surface area contributed by atoms with E-state index in [1.165, 1.54) is 5.56 Å². The molecule has 182 valence electrons. The van der Waals surface area contributed by atoms with Crippen molar-refractivity contribution in [2.75, 3.05) is 0 Å². The molecule has 0 amide bonds. The van der Waals surface area contributed by atoms with Crippen molar-refractivity contribution >= 4 is 10.8 Å². The number of fused-ring (bicyclic) bond motifs is 1. The molecule has 1 aliphatic carbocycles. The van der Waals surface area contributed by atoms with Crippen LogP contribution in [0, 0.1) is 35.2 Å². The molecular weight excluding hydrogens is 466 g/mol. The van der Waals surface area contributed by atoms with Crippen LogP contribution in [-0.4, -0.2) is 6.36 Å². The fraction of sp³-hybridized carbons (Fsp3) is 0.286. The van der Waals surface area contributed by atoms with Crippen molar-refractivity contribution in [2.45, 2.75) is 44.4 Å². The fourth-order valence-electron chi connectivity index (χ4n) is 4.65. The molecule has 0 N–H and O–H groups in total. The van der Waals surface area contributed by atoms with Gasteiger partial charge in [0, 0.05) is 5.56 Å². The van der Waals surface area contributed by atoms with Gasteiger partial charge in [0.25, 0.3) is 0 Å². The van der Waals surface area contributed by atoms with Gasteiger partial charge >= 0.3 is 6.36 Å². The maximum absolute atomic E-state index is 14.3. The van der Waals surface area contributed by atoms with E-state index in [1.54, 1.807) is 12.1 Å². The van der Waals surface area contributed by atoms with Crippen LogP contribution in [0.1, 0.15) is 54.7 Å². The number of benzene rings is 3. The Balaban J connectivity index is 1.61. The number of alkyl halides is 3. The van der Waals surface area contributed by atoms with Crippen LogP contribution in [0.3, 0.4) is 0 Å². The second-order valence-corrected chi connectivity index (χ2v) is 8.69. The highest BCUT2D eigenvalue weighted by Gasteiger charge is 2.35. The molecule has 0 spiro atoms. The van der Waals surface area contributed by atoms with Gasteiger partial charge in [-0.15, -0.1) is 19.8 Å². The van der Waals surface area contributed by atoms with E-state index in [-0.39, 0.29) is 0 Å². The molecule has 4 rings (SSSR count). The summed E-state index contributed by atoms with van der Waals surface area (Å²) in [6.45, 7) is 3.82. The number of allylic oxidation sites excluding steroid dienone is 1. The lowest BCUT2D eigenvalue weighted by Gasteiger charge is -2.28. The summed E-state index contributed by atoms with van der Waals surface area (Å²) in [5.41, 5.74) is 1.02. The average Bonchev–Trinajstić information content (AvgIpc) is 2.83. The van der Waals surface area contributed by atoms with E-state index < -0.39 is 35.1 Å². The van der Waals surface area contributed by atoms with Crippen molar-refractivity contribution in [3.8, 4) is 17.6 Å². The number of ether oxygens (including phenoxy) is 1. The molecular formula is C28H22F6O. The maximum Gasteiger partial charge on any atom is 0.573 e. The van der Waals surface area contributed by atoms with Gasteiger partial charge in [-0.3, -0.25) is 0 Å². The lowest BCUT2D eigenvalue weighted by molar-refractivity contribution is -0.276. The summed E-state index contributed by atoms with van der Waals surface area (Å²) in [4.78, 5) is 0. The highest BCUT2D eigenvalue weighted by molar-refractivity contribution is 5.89. The molecule has 0 radical (unpaired) electrons. The summed E-state index contributed by atoms with van der Waals surface area (Å²) in [7, 11) is 0. The Morgan fingerprint density at radius 1 is 0.914 bits per heavy atom. The van der Waals surface area contributed by atoms with Gasteiger partial charge in [0.2, 0.25) is 11.6 Å².